The molecular formula is C37H30O6S2. The normalized spacial score (nSPS) is 12.5. The van der Waals surface area contributed by atoms with Gasteiger partial charge in [0.15, 0.2) is 0 Å². The molecule has 45 heavy (non-hydrogen) atoms. The standard InChI is InChI=1S/C37H30O6S2/c1-40-28-11-17-31(18-12-28)44(32-19-13-29(41-2)14-20-32,33-21-15-30(42-3)16-22-33)43-45(38,39)35-24-10-27-8-7-25-5-4-6-26-9-23-34(35)37(27)36(25)26/h4-24H,1-3H3. The van der Waals surface area contributed by atoms with Crippen molar-refractivity contribution >= 4 is 52.7 Å². The van der Waals surface area contributed by atoms with E-state index in [1.54, 1.807) is 27.4 Å². The van der Waals surface area contributed by atoms with Crippen LogP contribution in [0.2, 0.25) is 0 Å². The fourth-order valence-corrected chi connectivity index (χ4v) is 11.3. The molecule has 0 fully saturated rings. The molecule has 6 nitrogen and oxygen atoms in total. The van der Waals surface area contributed by atoms with E-state index in [-0.39, 0.29) is 4.90 Å². The van der Waals surface area contributed by atoms with Crippen LogP contribution in [0.1, 0.15) is 0 Å². The van der Waals surface area contributed by atoms with Crippen molar-refractivity contribution in [2.24, 2.45) is 0 Å². The molecule has 0 N–H and O–H groups in total. The van der Waals surface area contributed by atoms with E-state index in [1.807, 2.05) is 115 Å². The SMILES string of the molecule is COc1ccc(S(OS(=O)(=O)c2ccc3ccc4cccc5ccc2c3c45)(c2ccc(OC)cc2)c2ccc(OC)cc2)cc1. The quantitative estimate of drug-likeness (QED) is 0.148. The van der Waals surface area contributed by atoms with Crippen molar-refractivity contribution in [3.63, 3.8) is 0 Å². The largest absolute Gasteiger partial charge is 0.497 e. The maximum absolute atomic E-state index is 14.8. The molecule has 0 spiro atoms. The van der Waals surface area contributed by atoms with Gasteiger partial charge in [0.25, 0.3) is 0 Å². The maximum Gasteiger partial charge on any atom is 0.307 e. The zero-order valence-corrected chi connectivity index (χ0v) is 26.5. The third kappa shape index (κ3) is 4.82. The van der Waals surface area contributed by atoms with Crippen molar-refractivity contribution in [1.82, 2.24) is 0 Å². The summed E-state index contributed by atoms with van der Waals surface area (Å²) in [6.45, 7) is 0. The molecule has 0 amide bonds. The van der Waals surface area contributed by atoms with Crippen molar-refractivity contribution < 1.29 is 26.3 Å². The summed E-state index contributed by atoms with van der Waals surface area (Å²) in [5.74, 6) is 1.93. The average molecular weight is 635 g/mol. The minimum absolute atomic E-state index is 0.112. The minimum Gasteiger partial charge on any atom is -0.497 e. The highest BCUT2D eigenvalue weighted by Crippen LogP contribution is 2.70. The van der Waals surface area contributed by atoms with E-state index in [4.69, 9.17) is 17.8 Å². The van der Waals surface area contributed by atoms with Gasteiger partial charge in [0.2, 0.25) is 0 Å². The van der Waals surface area contributed by atoms with Gasteiger partial charge in [0.05, 0.1) is 21.3 Å². The summed E-state index contributed by atoms with van der Waals surface area (Å²) in [6, 6.07) is 39.6. The number of hydrogen-bond acceptors (Lipinski definition) is 6. The molecule has 0 aliphatic rings. The van der Waals surface area contributed by atoms with E-state index >= 15 is 0 Å². The Morgan fingerprint density at radius 2 is 0.844 bits per heavy atom. The van der Waals surface area contributed by atoms with Crippen LogP contribution in [0.5, 0.6) is 17.2 Å². The third-order valence-electron chi connectivity index (χ3n) is 8.12. The second kappa shape index (κ2) is 11.3. The minimum atomic E-state index is -4.39. The van der Waals surface area contributed by atoms with Crippen molar-refractivity contribution in [3.05, 3.63) is 127 Å². The zero-order valence-electron chi connectivity index (χ0n) is 24.9. The molecule has 7 aromatic rings. The van der Waals surface area contributed by atoms with Crippen molar-refractivity contribution in [2.45, 2.75) is 19.6 Å². The molecule has 0 aliphatic heterocycles. The molecule has 0 radical (unpaired) electrons. The molecule has 0 aliphatic carbocycles. The molecular weight excluding hydrogens is 605 g/mol. The van der Waals surface area contributed by atoms with Gasteiger partial charge >= 0.3 is 10.1 Å². The Balaban J connectivity index is 1.50. The van der Waals surface area contributed by atoms with Crippen molar-refractivity contribution in [2.75, 3.05) is 21.3 Å². The monoisotopic (exact) mass is 634 g/mol. The van der Waals surface area contributed by atoms with E-state index in [2.05, 4.69) is 6.07 Å². The predicted molar refractivity (Wildman–Crippen MR) is 180 cm³/mol. The van der Waals surface area contributed by atoms with Gasteiger partial charge in [0.1, 0.15) is 22.1 Å². The Labute approximate surface area is 263 Å². The lowest BCUT2D eigenvalue weighted by Crippen LogP contribution is -2.15. The summed E-state index contributed by atoms with van der Waals surface area (Å²) < 4.78 is 52.7. The molecule has 0 saturated heterocycles. The summed E-state index contributed by atoms with van der Waals surface area (Å²) in [5, 5.41) is 5.61. The lowest BCUT2D eigenvalue weighted by molar-refractivity contribution is 0.414. The highest BCUT2D eigenvalue weighted by Gasteiger charge is 2.39. The Hall–Kier alpha value is -4.76. The summed E-state index contributed by atoms with van der Waals surface area (Å²) in [6.07, 6.45) is 0. The first-order valence-electron chi connectivity index (χ1n) is 14.3. The molecule has 0 atom stereocenters. The number of benzene rings is 7. The van der Waals surface area contributed by atoms with Crippen LogP contribution in [-0.4, -0.2) is 29.7 Å². The van der Waals surface area contributed by atoms with Crippen LogP contribution in [0.15, 0.2) is 147 Å². The summed E-state index contributed by atoms with van der Waals surface area (Å²) in [5.41, 5.74) is 0. The van der Waals surface area contributed by atoms with Gasteiger partial charge in [-0.3, -0.25) is 0 Å². The number of rotatable bonds is 9. The molecule has 7 rings (SSSR count). The topological polar surface area (TPSA) is 71.1 Å². The van der Waals surface area contributed by atoms with Gasteiger partial charge in [-0.2, -0.15) is 8.42 Å². The van der Waals surface area contributed by atoms with Gasteiger partial charge in [-0.05, 0) is 116 Å². The van der Waals surface area contributed by atoms with Crippen LogP contribution < -0.4 is 14.2 Å². The molecule has 8 heteroatoms. The molecule has 7 aromatic carbocycles. The zero-order chi connectivity index (χ0) is 31.2. The van der Waals surface area contributed by atoms with Crippen LogP contribution in [0.25, 0.3) is 32.3 Å². The summed E-state index contributed by atoms with van der Waals surface area (Å²) in [4.78, 5) is 2.15. The molecule has 0 heterocycles. The first kappa shape index (κ1) is 29.0. The second-order valence-corrected chi connectivity index (χ2v) is 14.9. The third-order valence-corrected chi connectivity index (χ3v) is 13.4. The Bertz CT molecular complexity index is 2110. The molecule has 0 bridgehead atoms. The number of hydrogen-bond donors (Lipinski definition) is 0. The highest BCUT2D eigenvalue weighted by atomic mass is 32.3. The summed E-state index contributed by atoms with van der Waals surface area (Å²) in [7, 11) is -2.51. The molecule has 0 unspecified atom stereocenters. The number of methoxy groups -OCH3 is 3. The van der Waals surface area contributed by atoms with E-state index in [9.17, 15) is 8.42 Å². The smallest absolute Gasteiger partial charge is 0.307 e. The van der Waals surface area contributed by atoms with E-state index in [0.29, 0.717) is 37.3 Å². The van der Waals surface area contributed by atoms with Crippen LogP contribution in [0, 0.1) is 0 Å². The molecule has 226 valence electrons. The van der Waals surface area contributed by atoms with E-state index in [0.717, 1.165) is 26.9 Å². The maximum atomic E-state index is 14.8. The van der Waals surface area contributed by atoms with Crippen molar-refractivity contribution in [3.8, 4) is 17.2 Å². The van der Waals surface area contributed by atoms with Crippen LogP contribution in [-0.2, 0) is 13.7 Å². The van der Waals surface area contributed by atoms with E-state index < -0.39 is 20.4 Å². The lowest BCUT2D eigenvalue weighted by Gasteiger charge is -2.39. The number of ether oxygens (including phenoxy) is 3. The second-order valence-electron chi connectivity index (χ2n) is 10.5. The van der Waals surface area contributed by atoms with Gasteiger partial charge in [-0.1, -0.05) is 48.5 Å². The molecule has 0 saturated carbocycles. The van der Waals surface area contributed by atoms with Gasteiger partial charge in [-0.25, -0.2) is 3.63 Å². The molecule has 0 aromatic heterocycles. The highest BCUT2D eigenvalue weighted by molar-refractivity contribution is 8.33. The van der Waals surface area contributed by atoms with Crippen LogP contribution in [0.4, 0.5) is 0 Å². The Morgan fingerprint density at radius 3 is 1.29 bits per heavy atom. The Morgan fingerprint density at radius 1 is 0.444 bits per heavy atom. The summed E-state index contributed by atoms with van der Waals surface area (Å²) >= 11 is 0. The van der Waals surface area contributed by atoms with Gasteiger partial charge < -0.3 is 14.2 Å². The van der Waals surface area contributed by atoms with Gasteiger partial charge in [0, 0.05) is 20.1 Å². The van der Waals surface area contributed by atoms with Gasteiger partial charge in [-0.15, -0.1) is 0 Å². The first-order chi connectivity index (χ1) is 21.9. The Kier molecular flexibility index (Phi) is 7.28. The van der Waals surface area contributed by atoms with E-state index in [1.165, 1.54) is 0 Å². The van der Waals surface area contributed by atoms with Crippen LogP contribution in [0.3, 0.4) is 0 Å². The fourth-order valence-electron chi connectivity index (χ4n) is 5.93. The predicted octanol–water partition coefficient (Wildman–Crippen LogP) is 9.21. The fraction of sp³-hybridized carbons (Fsp3) is 0.0811. The van der Waals surface area contributed by atoms with Crippen LogP contribution >= 0.6 is 10.3 Å². The van der Waals surface area contributed by atoms with Crippen molar-refractivity contribution in [1.29, 1.82) is 0 Å². The lowest BCUT2D eigenvalue weighted by atomic mass is 9.94. The first-order valence-corrected chi connectivity index (χ1v) is 17.2. The average Bonchev–Trinajstić information content (AvgIpc) is 3.09.